The van der Waals surface area contributed by atoms with Gasteiger partial charge in [0.15, 0.2) is 0 Å². The molecule has 44 heavy (non-hydrogen) atoms. The van der Waals surface area contributed by atoms with Crippen LogP contribution in [0.25, 0.3) is 11.0 Å². The number of nitrogens with one attached hydrogen (secondary N) is 3. The number of H-pyrrole nitrogens is 1. The number of aromatic amines is 1. The Balaban J connectivity index is 1.53. The number of aromatic nitrogens is 2. The van der Waals surface area contributed by atoms with E-state index in [1.165, 1.54) is 30.3 Å². The minimum absolute atomic E-state index is 0.0761. The zero-order valence-electron chi connectivity index (χ0n) is 21.9. The van der Waals surface area contributed by atoms with Crippen molar-refractivity contribution in [2.45, 2.75) is 41.4 Å². The lowest BCUT2D eigenvalue weighted by Crippen LogP contribution is -2.31. The predicted molar refractivity (Wildman–Crippen MR) is 144 cm³/mol. The van der Waals surface area contributed by atoms with E-state index in [2.05, 4.69) is 19.4 Å². The summed E-state index contributed by atoms with van der Waals surface area (Å²) in [7, 11) is -8.54. The second kappa shape index (κ2) is 11.0. The lowest BCUT2D eigenvalue weighted by Gasteiger charge is -2.32. The molecule has 0 saturated carbocycles. The molecule has 3 aromatic carbocycles. The average molecular weight is 667 g/mol. The molecule has 2 heterocycles. The molecule has 0 radical (unpaired) electrons. The molecule has 0 aliphatic carbocycles. The molecule has 4 aromatic rings. The van der Waals surface area contributed by atoms with Crippen LogP contribution >= 0.6 is 10.8 Å². The van der Waals surface area contributed by atoms with Gasteiger partial charge in [-0.05, 0) is 53.9 Å². The SMILES string of the molecule is O=C1CC(c2ccc(C[C@H](NS(=O)(=O)c3cc(C(F)(F)F)cc(C(F)(F)F)c3)c3nc4ccc(F)cc4[nH]3)cc2)S(O)(O)N1. The summed E-state index contributed by atoms with van der Waals surface area (Å²) in [6.45, 7) is 0. The summed E-state index contributed by atoms with van der Waals surface area (Å²) in [6, 6.07) is 7.79. The van der Waals surface area contributed by atoms with E-state index >= 15 is 0 Å². The van der Waals surface area contributed by atoms with E-state index in [0.29, 0.717) is 11.1 Å². The highest BCUT2D eigenvalue weighted by Crippen LogP contribution is 2.56. The average Bonchev–Trinajstić information content (AvgIpc) is 3.45. The first-order valence-corrected chi connectivity index (χ1v) is 15.5. The van der Waals surface area contributed by atoms with Gasteiger partial charge in [-0.15, -0.1) is 10.8 Å². The normalized spacial score (nSPS) is 18.8. The summed E-state index contributed by atoms with van der Waals surface area (Å²) in [5.41, 5.74) is -2.58. The number of carbonyl (C=O) groups excluding carboxylic acids is 1. The van der Waals surface area contributed by atoms with Gasteiger partial charge >= 0.3 is 12.4 Å². The molecule has 18 heteroatoms. The molecule has 9 nitrogen and oxygen atoms in total. The van der Waals surface area contributed by atoms with Gasteiger partial charge < -0.3 is 4.98 Å². The quantitative estimate of drug-likeness (QED) is 0.148. The third-order valence-corrected chi connectivity index (χ3v) is 10.00. The number of halogens is 7. The Kier molecular flexibility index (Phi) is 7.94. The molecule has 1 aromatic heterocycles. The zero-order chi connectivity index (χ0) is 32.2. The van der Waals surface area contributed by atoms with Crippen molar-refractivity contribution in [1.29, 1.82) is 0 Å². The third-order valence-electron chi connectivity index (χ3n) is 6.78. The fourth-order valence-electron chi connectivity index (χ4n) is 4.67. The second-order valence-electron chi connectivity index (χ2n) is 9.96. The van der Waals surface area contributed by atoms with Gasteiger partial charge in [0.25, 0.3) is 0 Å². The number of imidazole rings is 1. The maximum absolute atomic E-state index is 13.8. The van der Waals surface area contributed by atoms with Crippen LogP contribution in [0.4, 0.5) is 30.7 Å². The Bertz CT molecular complexity index is 1810. The number of carbonyl (C=O) groups is 1. The second-order valence-corrected chi connectivity index (χ2v) is 13.6. The molecule has 236 valence electrons. The summed E-state index contributed by atoms with van der Waals surface area (Å²) >= 11 is 0. The van der Waals surface area contributed by atoms with E-state index in [-0.39, 0.29) is 47.9 Å². The van der Waals surface area contributed by atoms with E-state index in [1.54, 1.807) is 0 Å². The molecule has 5 N–H and O–H groups in total. The highest BCUT2D eigenvalue weighted by Gasteiger charge is 2.40. The number of hydrogen-bond donors (Lipinski definition) is 5. The van der Waals surface area contributed by atoms with Crippen molar-refractivity contribution >= 4 is 37.7 Å². The Morgan fingerprint density at radius 3 is 2.11 bits per heavy atom. The van der Waals surface area contributed by atoms with Crippen LogP contribution in [0.3, 0.4) is 0 Å². The number of benzene rings is 3. The van der Waals surface area contributed by atoms with Crippen molar-refractivity contribution in [2.24, 2.45) is 0 Å². The van der Waals surface area contributed by atoms with Crippen LogP contribution in [0.1, 0.15) is 45.8 Å². The van der Waals surface area contributed by atoms with Crippen molar-refractivity contribution in [3.63, 3.8) is 0 Å². The third kappa shape index (κ3) is 6.68. The van der Waals surface area contributed by atoms with Gasteiger partial charge in [0.05, 0.1) is 39.5 Å². The zero-order valence-corrected chi connectivity index (χ0v) is 23.5. The number of rotatable bonds is 7. The molecule has 1 saturated heterocycles. The van der Waals surface area contributed by atoms with Crippen LogP contribution in [0.2, 0.25) is 0 Å². The van der Waals surface area contributed by atoms with Crippen molar-refractivity contribution in [2.75, 3.05) is 0 Å². The number of amides is 1. The largest absolute Gasteiger partial charge is 0.416 e. The highest BCUT2D eigenvalue weighted by molar-refractivity contribution is 8.23. The first-order valence-electron chi connectivity index (χ1n) is 12.5. The molecular formula is C26H21F7N4O5S2. The monoisotopic (exact) mass is 666 g/mol. The van der Waals surface area contributed by atoms with Crippen LogP contribution in [0.15, 0.2) is 65.6 Å². The number of fused-ring (bicyclic) bond motifs is 1. The standard InChI is InChI=1S/C26H21F7N4O5S2/c27-17-5-6-19-20(11-17)35-24(34-19)21(7-13-1-3-14(4-2-13)22-12-23(38)37-44(22,41)42)36-43(39,40)18-9-15(25(28,29)30)8-16(10-18)26(31,32)33/h1-6,8-11,21-22,36,41-42H,7,12H2,(H,34,35)(H,37,38)/t21-,22?/m0/s1. The van der Waals surface area contributed by atoms with E-state index in [1.807, 2.05) is 0 Å². The fourth-order valence-corrected chi connectivity index (χ4v) is 7.43. The number of hydrogen-bond acceptors (Lipinski definition) is 6. The molecule has 0 bridgehead atoms. The summed E-state index contributed by atoms with van der Waals surface area (Å²) in [5, 5.41) is -0.952. The van der Waals surface area contributed by atoms with Gasteiger partial charge in [-0.2, -0.15) is 26.3 Å². The molecule has 1 aliphatic rings. The Hall–Kier alpha value is -3.71. The predicted octanol–water partition coefficient (Wildman–Crippen LogP) is 6.23. The minimum Gasteiger partial charge on any atom is -0.341 e. The van der Waals surface area contributed by atoms with Crippen LogP contribution in [0, 0.1) is 5.82 Å². The van der Waals surface area contributed by atoms with Crippen LogP contribution in [0.5, 0.6) is 0 Å². The van der Waals surface area contributed by atoms with Crippen molar-refractivity contribution in [3.05, 3.63) is 94.6 Å². The van der Waals surface area contributed by atoms with Gasteiger partial charge in [-0.3, -0.25) is 18.6 Å². The van der Waals surface area contributed by atoms with Crippen LogP contribution < -0.4 is 9.44 Å². The van der Waals surface area contributed by atoms with Crippen molar-refractivity contribution in [3.8, 4) is 0 Å². The minimum atomic E-state index is -5.29. The van der Waals surface area contributed by atoms with Crippen molar-refractivity contribution < 1.29 is 53.1 Å². The summed E-state index contributed by atoms with van der Waals surface area (Å²) in [5.74, 6) is -1.35. The molecule has 1 aliphatic heterocycles. The molecule has 5 rings (SSSR count). The first-order chi connectivity index (χ1) is 20.3. The maximum Gasteiger partial charge on any atom is 0.416 e. The number of alkyl halides is 6. The molecule has 1 fully saturated rings. The van der Waals surface area contributed by atoms with Gasteiger partial charge in [0, 0.05) is 0 Å². The summed E-state index contributed by atoms with van der Waals surface area (Å²) < 4.78 is 146. The van der Waals surface area contributed by atoms with E-state index in [9.17, 15) is 53.1 Å². The molecule has 2 atom stereocenters. The number of nitrogens with zero attached hydrogens (tertiary/aromatic N) is 1. The molecule has 1 amide bonds. The topological polar surface area (TPSA) is 144 Å². The van der Waals surface area contributed by atoms with Gasteiger partial charge in [-0.1, -0.05) is 24.3 Å². The maximum atomic E-state index is 13.8. The first kappa shape index (κ1) is 31.7. The Morgan fingerprint density at radius 1 is 0.955 bits per heavy atom. The lowest BCUT2D eigenvalue weighted by molar-refractivity contribution is -0.143. The van der Waals surface area contributed by atoms with E-state index in [4.69, 9.17) is 0 Å². The van der Waals surface area contributed by atoms with Crippen molar-refractivity contribution in [1.82, 2.24) is 19.4 Å². The van der Waals surface area contributed by atoms with Gasteiger partial charge in [0.2, 0.25) is 15.9 Å². The van der Waals surface area contributed by atoms with Crippen LogP contribution in [-0.4, -0.2) is 33.4 Å². The highest BCUT2D eigenvalue weighted by atomic mass is 32.3. The smallest absolute Gasteiger partial charge is 0.341 e. The molecule has 1 unspecified atom stereocenters. The number of sulfonamides is 1. The van der Waals surface area contributed by atoms with Gasteiger partial charge in [0.1, 0.15) is 16.9 Å². The lowest BCUT2D eigenvalue weighted by atomic mass is 10.0. The van der Waals surface area contributed by atoms with Crippen LogP contribution in [-0.2, 0) is 33.6 Å². The Morgan fingerprint density at radius 2 is 1.57 bits per heavy atom. The molecular weight excluding hydrogens is 645 g/mol. The molecule has 0 spiro atoms. The Labute approximate surface area is 246 Å². The van der Waals surface area contributed by atoms with E-state index in [0.717, 1.165) is 12.1 Å². The van der Waals surface area contributed by atoms with Gasteiger partial charge in [-0.25, -0.2) is 22.5 Å². The summed E-state index contributed by atoms with van der Waals surface area (Å²) in [6.07, 6.45) is -11.0. The fraction of sp³-hybridized carbons (Fsp3) is 0.231. The summed E-state index contributed by atoms with van der Waals surface area (Å²) in [4.78, 5) is 17.3. The van der Waals surface area contributed by atoms with E-state index < -0.39 is 72.2 Å².